The highest BCUT2D eigenvalue weighted by Crippen LogP contribution is 2.49. The Balaban J connectivity index is 1.91. The minimum absolute atomic E-state index is 0.00658. The van der Waals surface area contributed by atoms with Gasteiger partial charge < -0.3 is 21.1 Å². The molecule has 0 aliphatic heterocycles. The van der Waals surface area contributed by atoms with Gasteiger partial charge in [-0.1, -0.05) is 39.8 Å². The molecule has 2 atom stereocenters. The molecule has 2 rings (SSSR count). The number of ether oxygens (including phenoxy) is 1. The molecule has 0 heterocycles. The summed E-state index contributed by atoms with van der Waals surface area (Å²) < 4.78 is 5.67. The molecule has 1 fully saturated rings. The first-order valence-corrected chi connectivity index (χ1v) is 9.20. The number of benzene rings is 1. The van der Waals surface area contributed by atoms with Gasteiger partial charge in [0.05, 0.1) is 6.10 Å². The zero-order chi connectivity index (χ0) is 19.5. The Bertz CT molecular complexity index is 655. The Morgan fingerprint density at radius 2 is 1.88 bits per heavy atom. The SMILES string of the molecule is CCOC1CC(N)(C(=O)NCc2ccc(NC(=O)C(C)C)cc2)C1(C)C. The largest absolute Gasteiger partial charge is 0.378 e. The Kier molecular flexibility index (Phi) is 6.09. The number of nitrogens with two attached hydrogens (primary N) is 1. The third-order valence-corrected chi connectivity index (χ3v) is 5.43. The van der Waals surface area contributed by atoms with Gasteiger partial charge in [0, 0.05) is 36.6 Å². The minimum atomic E-state index is -0.919. The second-order valence-electron chi connectivity index (χ2n) is 7.86. The van der Waals surface area contributed by atoms with E-state index < -0.39 is 11.0 Å². The van der Waals surface area contributed by atoms with Crippen LogP contribution in [0.25, 0.3) is 0 Å². The summed E-state index contributed by atoms with van der Waals surface area (Å²) in [6, 6.07) is 7.43. The van der Waals surface area contributed by atoms with Gasteiger partial charge in [-0.3, -0.25) is 9.59 Å². The normalized spacial score (nSPS) is 24.0. The average molecular weight is 361 g/mol. The standard InChI is InChI=1S/C20H31N3O3/c1-6-26-16-11-20(21,19(16,4)5)18(25)22-12-14-7-9-15(10-8-14)23-17(24)13(2)3/h7-10,13,16H,6,11-12,21H2,1-5H3,(H,22,25)(H,23,24). The summed E-state index contributed by atoms with van der Waals surface area (Å²) in [5, 5.41) is 5.77. The van der Waals surface area contributed by atoms with Crippen LogP contribution in [-0.4, -0.2) is 30.1 Å². The van der Waals surface area contributed by atoms with Crippen LogP contribution in [0.2, 0.25) is 0 Å². The molecule has 2 amide bonds. The number of carbonyl (C=O) groups excluding carboxylic acids is 2. The van der Waals surface area contributed by atoms with E-state index in [1.165, 1.54) is 0 Å². The smallest absolute Gasteiger partial charge is 0.241 e. The van der Waals surface area contributed by atoms with Crippen molar-refractivity contribution in [1.82, 2.24) is 5.32 Å². The monoisotopic (exact) mass is 361 g/mol. The van der Waals surface area contributed by atoms with E-state index in [0.717, 1.165) is 11.3 Å². The number of hydrogen-bond acceptors (Lipinski definition) is 4. The van der Waals surface area contributed by atoms with Gasteiger partial charge in [-0.15, -0.1) is 0 Å². The summed E-state index contributed by atoms with van der Waals surface area (Å²) in [5.74, 6) is -0.246. The molecule has 1 saturated carbocycles. The zero-order valence-corrected chi connectivity index (χ0v) is 16.4. The lowest BCUT2D eigenvalue weighted by atomic mass is 9.54. The summed E-state index contributed by atoms with van der Waals surface area (Å²) >= 11 is 0. The van der Waals surface area contributed by atoms with Gasteiger partial charge in [0.25, 0.3) is 0 Å². The van der Waals surface area contributed by atoms with Crippen molar-refractivity contribution >= 4 is 17.5 Å². The first-order chi connectivity index (χ1) is 12.1. The fourth-order valence-electron chi connectivity index (χ4n) is 3.15. The predicted octanol–water partition coefficient (Wildman–Crippen LogP) is 2.43. The zero-order valence-electron chi connectivity index (χ0n) is 16.4. The molecule has 1 aromatic rings. The van der Waals surface area contributed by atoms with E-state index in [0.29, 0.717) is 19.6 Å². The highest BCUT2D eigenvalue weighted by atomic mass is 16.5. The molecule has 1 aromatic carbocycles. The third kappa shape index (κ3) is 3.91. The maximum atomic E-state index is 12.6. The fourth-order valence-corrected chi connectivity index (χ4v) is 3.15. The highest BCUT2D eigenvalue weighted by molar-refractivity contribution is 5.92. The van der Waals surface area contributed by atoms with Gasteiger partial charge >= 0.3 is 0 Å². The molecule has 0 aromatic heterocycles. The average Bonchev–Trinajstić information content (AvgIpc) is 2.60. The lowest BCUT2D eigenvalue weighted by Crippen LogP contribution is -2.75. The van der Waals surface area contributed by atoms with Crippen molar-refractivity contribution in [3.05, 3.63) is 29.8 Å². The Labute approximate surface area is 155 Å². The number of amides is 2. The highest BCUT2D eigenvalue weighted by Gasteiger charge is 2.62. The Morgan fingerprint density at radius 3 is 2.38 bits per heavy atom. The molecule has 26 heavy (non-hydrogen) atoms. The molecule has 0 saturated heterocycles. The second kappa shape index (κ2) is 7.76. The molecule has 0 bridgehead atoms. The second-order valence-corrected chi connectivity index (χ2v) is 7.86. The van der Waals surface area contributed by atoms with Crippen LogP contribution < -0.4 is 16.4 Å². The molecule has 6 nitrogen and oxygen atoms in total. The summed E-state index contributed by atoms with van der Waals surface area (Å²) in [4.78, 5) is 24.3. The van der Waals surface area contributed by atoms with Crippen LogP contribution >= 0.6 is 0 Å². The molecule has 1 aliphatic rings. The van der Waals surface area contributed by atoms with Crippen molar-refractivity contribution in [2.24, 2.45) is 17.1 Å². The van der Waals surface area contributed by atoms with E-state index in [2.05, 4.69) is 10.6 Å². The maximum absolute atomic E-state index is 12.6. The fraction of sp³-hybridized carbons (Fsp3) is 0.600. The summed E-state index contributed by atoms with van der Waals surface area (Å²) in [6.45, 7) is 10.6. The van der Waals surface area contributed by atoms with Crippen LogP contribution in [0, 0.1) is 11.3 Å². The quantitative estimate of drug-likeness (QED) is 0.695. The van der Waals surface area contributed by atoms with Crippen molar-refractivity contribution in [3.8, 4) is 0 Å². The van der Waals surface area contributed by atoms with Gasteiger partial charge in [-0.2, -0.15) is 0 Å². The third-order valence-electron chi connectivity index (χ3n) is 5.43. The van der Waals surface area contributed by atoms with Crippen LogP contribution in [0.4, 0.5) is 5.69 Å². The topological polar surface area (TPSA) is 93.4 Å². The van der Waals surface area contributed by atoms with Crippen molar-refractivity contribution in [2.75, 3.05) is 11.9 Å². The Hall–Kier alpha value is -1.92. The lowest BCUT2D eigenvalue weighted by molar-refractivity contribution is -0.170. The maximum Gasteiger partial charge on any atom is 0.241 e. The molecule has 0 radical (unpaired) electrons. The molecular formula is C20H31N3O3. The molecule has 6 heteroatoms. The molecule has 1 aliphatic carbocycles. The first kappa shape index (κ1) is 20.4. The number of hydrogen-bond donors (Lipinski definition) is 3. The van der Waals surface area contributed by atoms with E-state index >= 15 is 0 Å². The van der Waals surface area contributed by atoms with Crippen molar-refractivity contribution < 1.29 is 14.3 Å². The first-order valence-electron chi connectivity index (χ1n) is 9.20. The van der Waals surface area contributed by atoms with E-state index in [4.69, 9.17) is 10.5 Å². The van der Waals surface area contributed by atoms with Crippen LogP contribution in [-0.2, 0) is 20.9 Å². The van der Waals surface area contributed by atoms with Gasteiger partial charge in [0.15, 0.2) is 0 Å². The number of rotatable bonds is 7. The lowest BCUT2D eigenvalue weighted by Gasteiger charge is -2.57. The minimum Gasteiger partial charge on any atom is -0.378 e. The Morgan fingerprint density at radius 1 is 1.27 bits per heavy atom. The van der Waals surface area contributed by atoms with E-state index in [-0.39, 0.29) is 23.8 Å². The molecule has 2 unspecified atom stereocenters. The van der Waals surface area contributed by atoms with Gasteiger partial charge in [-0.25, -0.2) is 0 Å². The number of nitrogens with one attached hydrogen (secondary N) is 2. The molecule has 144 valence electrons. The van der Waals surface area contributed by atoms with Gasteiger partial charge in [0.2, 0.25) is 11.8 Å². The van der Waals surface area contributed by atoms with Crippen molar-refractivity contribution in [3.63, 3.8) is 0 Å². The molecular weight excluding hydrogens is 330 g/mol. The molecule has 0 spiro atoms. The van der Waals surface area contributed by atoms with Crippen LogP contribution in [0.3, 0.4) is 0 Å². The molecule has 4 N–H and O–H groups in total. The number of carbonyl (C=O) groups is 2. The summed E-state index contributed by atoms with van der Waals surface area (Å²) in [5.41, 5.74) is 6.74. The summed E-state index contributed by atoms with van der Waals surface area (Å²) in [6.07, 6.45) is 0.534. The van der Waals surface area contributed by atoms with Gasteiger partial charge in [-0.05, 0) is 24.6 Å². The summed E-state index contributed by atoms with van der Waals surface area (Å²) in [7, 11) is 0. The number of anilines is 1. The van der Waals surface area contributed by atoms with Crippen LogP contribution in [0.15, 0.2) is 24.3 Å². The van der Waals surface area contributed by atoms with Crippen molar-refractivity contribution in [1.29, 1.82) is 0 Å². The van der Waals surface area contributed by atoms with Crippen LogP contribution in [0.5, 0.6) is 0 Å². The predicted molar refractivity (Wildman–Crippen MR) is 102 cm³/mol. The van der Waals surface area contributed by atoms with Crippen LogP contribution in [0.1, 0.15) is 46.6 Å². The van der Waals surface area contributed by atoms with E-state index in [1.54, 1.807) is 0 Å². The van der Waals surface area contributed by atoms with Crippen molar-refractivity contribution in [2.45, 2.75) is 59.2 Å². The van der Waals surface area contributed by atoms with E-state index in [1.807, 2.05) is 58.9 Å². The van der Waals surface area contributed by atoms with E-state index in [9.17, 15) is 9.59 Å². The van der Waals surface area contributed by atoms with Gasteiger partial charge in [0.1, 0.15) is 5.54 Å².